The lowest BCUT2D eigenvalue weighted by atomic mass is 10.1. The minimum absolute atomic E-state index is 0.349. The molecule has 0 saturated heterocycles. The highest BCUT2D eigenvalue weighted by molar-refractivity contribution is 9.10. The van der Waals surface area contributed by atoms with Gasteiger partial charge in [0.15, 0.2) is 0 Å². The van der Waals surface area contributed by atoms with E-state index in [-0.39, 0.29) is 0 Å². The lowest BCUT2D eigenvalue weighted by Gasteiger charge is -2.12. The number of rotatable bonds is 4. The van der Waals surface area contributed by atoms with E-state index in [1.807, 2.05) is 49.4 Å². The lowest BCUT2D eigenvalue weighted by Crippen LogP contribution is -2.12. The molecule has 0 saturated carbocycles. The molecule has 0 atom stereocenters. The van der Waals surface area contributed by atoms with E-state index in [4.69, 9.17) is 22.7 Å². The highest BCUT2D eigenvalue weighted by Crippen LogP contribution is 2.23. The molecule has 2 rings (SSSR count). The summed E-state index contributed by atoms with van der Waals surface area (Å²) in [6.45, 7) is 2.48. The van der Waals surface area contributed by atoms with E-state index >= 15 is 0 Å². The molecule has 0 aliphatic carbocycles. The van der Waals surface area contributed by atoms with E-state index in [0.29, 0.717) is 11.6 Å². The zero-order valence-electron chi connectivity index (χ0n) is 10.5. The maximum Gasteiger partial charge on any atom is 0.130 e. The molecule has 0 fully saturated rings. The Hall–Kier alpha value is -1.39. The van der Waals surface area contributed by atoms with Crippen molar-refractivity contribution < 1.29 is 4.74 Å². The number of hydrogen-bond donors (Lipinski definition) is 1. The molecule has 19 heavy (non-hydrogen) atoms. The Bertz CT molecular complexity index is 613. The summed E-state index contributed by atoms with van der Waals surface area (Å²) in [6, 6.07) is 13.8. The molecule has 0 aromatic heterocycles. The minimum atomic E-state index is 0.349. The van der Waals surface area contributed by atoms with Gasteiger partial charge in [0.05, 0.1) is 5.56 Å². The van der Waals surface area contributed by atoms with Crippen molar-refractivity contribution >= 4 is 33.1 Å². The highest BCUT2D eigenvalue weighted by Gasteiger charge is 2.08. The first-order valence-electron chi connectivity index (χ1n) is 5.84. The van der Waals surface area contributed by atoms with E-state index in [1.165, 1.54) is 0 Å². The Kier molecular flexibility index (Phi) is 4.56. The quantitative estimate of drug-likeness (QED) is 0.858. The minimum Gasteiger partial charge on any atom is -0.488 e. The van der Waals surface area contributed by atoms with Crippen molar-refractivity contribution in [3.63, 3.8) is 0 Å². The Morgan fingerprint density at radius 1 is 1.26 bits per heavy atom. The first-order chi connectivity index (χ1) is 9.08. The Balaban J connectivity index is 2.22. The van der Waals surface area contributed by atoms with Gasteiger partial charge in [-0.1, -0.05) is 52.4 Å². The van der Waals surface area contributed by atoms with Gasteiger partial charge in [0.1, 0.15) is 17.3 Å². The SMILES string of the molecule is Cc1ccc(C(N)=S)c(OCc2ccccc2Br)c1. The van der Waals surface area contributed by atoms with Crippen LogP contribution in [-0.4, -0.2) is 4.99 Å². The second kappa shape index (κ2) is 6.17. The number of hydrogen-bond acceptors (Lipinski definition) is 2. The Morgan fingerprint density at radius 3 is 2.68 bits per heavy atom. The maximum atomic E-state index is 5.85. The number of nitrogens with two attached hydrogens (primary N) is 1. The lowest BCUT2D eigenvalue weighted by molar-refractivity contribution is 0.305. The number of aryl methyl sites for hydroxylation is 1. The molecule has 98 valence electrons. The molecular weight excluding hydrogens is 322 g/mol. The third-order valence-corrected chi connectivity index (χ3v) is 3.74. The van der Waals surface area contributed by atoms with Crippen LogP contribution in [-0.2, 0) is 6.61 Å². The van der Waals surface area contributed by atoms with Crippen molar-refractivity contribution in [3.05, 3.63) is 63.6 Å². The summed E-state index contributed by atoms with van der Waals surface area (Å²) in [5, 5.41) is 0. The average molecular weight is 336 g/mol. The molecule has 2 N–H and O–H groups in total. The van der Waals surface area contributed by atoms with Gasteiger partial charge in [-0.15, -0.1) is 0 Å². The van der Waals surface area contributed by atoms with Crippen LogP contribution in [0.5, 0.6) is 5.75 Å². The molecule has 2 nitrogen and oxygen atoms in total. The first-order valence-corrected chi connectivity index (χ1v) is 7.04. The van der Waals surface area contributed by atoms with E-state index in [1.54, 1.807) is 0 Å². The smallest absolute Gasteiger partial charge is 0.130 e. The molecule has 4 heteroatoms. The standard InChI is InChI=1S/C15H14BrNOS/c1-10-6-7-12(15(17)19)14(8-10)18-9-11-4-2-3-5-13(11)16/h2-8H,9H2,1H3,(H2,17,19). The van der Waals surface area contributed by atoms with Crippen LogP contribution in [0.4, 0.5) is 0 Å². The van der Waals surface area contributed by atoms with E-state index in [2.05, 4.69) is 15.9 Å². The third kappa shape index (κ3) is 3.55. The second-order valence-corrected chi connectivity index (χ2v) is 5.54. The van der Waals surface area contributed by atoms with Gasteiger partial charge < -0.3 is 10.5 Å². The van der Waals surface area contributed by atoms with Crippen molar-refractivity contribution in [2.24, 2.45) is 5.73 Å². The highest BCUT2D eigenvalue weighted by atomic mass is 79.9. The van der Waals surface area contributed by atoms with Crippen molar-refractivity contribution in [2.45, 2.75) is 13.5 Å². The van der Waals surface area contributed by atoms with Crippen molar-refractivity contribution in [1.82, 2.24) is 0 Å². The molecule has 0 spiro atoms. The number of benzene rings is 2. The largest absolute Gasteiger partial charge is 0.488 e. The zero-order chi connectivity index (χ0) is 13.8. The van der Waals surface area contributed by atoms with Crippen LogP contribution in [0.15, 0.2) is 46.9 Å². The van der Waals surface area contributed by atoms with Crippen LogP contribution in [0.1, 0.15) is 16.7 Å². The van der Waals surface area contributed by atoms with E-state index < -0.39 is 0 Å². The van der Waals surface area contributed by atoms with E-state index in [0.717, 1.165) is 26.9 Å². The van der Waals surface area contributed by atoms with Crippen LogP contribution in [0.3, 0.4) is 0 Å². The van der Waals surface area contributed by atoms with Gasteiger partial charge in [0.2, 0.25) is 0 Å². The summed E-state index contributed by atoms with van der Waals surface area (Å²) in [5.74, 6) is 0.725. The molecule has 2 aromatic rings. The topological polar surface area (TPSA) is 35.2 Å². The molecule has 0 unspecified atom stereocenters. The Morgan fingerprint density at radius 2 is 2.00 bits per heavy atom. The first kappa shape index (κ1) is 14.0. The molecule has 0 aliphatic heterocycles. The van der Waals surface area contributed by atoms with Gasteiger partial charge in [-0.2, -0.15) is 0 Å². The fraction of sp³-hybridized carbons (Fsp3) is 0.133. The van der Waals surface area contributed by atoms with Crippen LogP contribution in [0.2, 0.25) is 0 Å². The van der Waals surface area contributed by atoms with E-state index in [9.17, 15) is 0 Å². The summed E-state index contributed by atoms with van der Waals surface area (Å²) in [6.07, 6.45) is 0. The van der Waals surface area contributed by atoms with Gasteiger partial charge >= 0.3 is 0 Å². The van der Waals surface area contributed by atoms with Crippen molar-refractivity contribution in [3.8, 4) is 5.75 Å². The molecule has 0 amide bonds. The summed E-state index contributed by atoms with van der Waals surface area (Å²) in [7, 11) is 0. The average Bonchev–Trinajstić information content (AvgIpc) is 2.37. The van der Waals surface area contributed by atoms with Gasteiger partial charge in [0, 0.05) is 10.0 Å². The normalized spacial score (nSPS) is 10.2. The van der Waals surface area contributed by atoms with Crippen molar-refractivity contribution in [2.75, 3.05) is 0 Å². The molecule has 0 radical (unpaired) electrons. The monoisotopic (exact) mass is 335 g/mol. The Labute approximate surface area is 126 Å². The predicted molar refractivity (Wildman–Crippen MR) is 85.5 cm³/mol. The van der Waals surface area contributed by atoms with Crippen LogP contribution in [0.25, 0.3) is 0 Å². The van der Waals surface area contributed by atoms with Crippen LogP contribution >= 0.6 is 28.1 Å². The summed E-state index contributed by atoms with van der Waals surface area (Å²) in [5.41, 5.74) is 8.67. The number of halogens is 1. The maximum absolute atomic E-state index is 5.85. The number of thiocarbonyl (C=S) groups is 1. The zero-order valence-corrected chi connectivity index (χ0v) is 12.9. The summed E-state index contributed by atoms with van der Waals surface area (Å²) >= 11 is 8.54. The number of ether oxygens (including phenoxy) is 1. The van der Waals surface area contributed by atoms with Crippen LogP contribution in [0, 0.1) is 6.92 Å². The van der Waals surface area contributed by atoms with Gasteiger partial charge in [-0.25, -0.2) is 0 Å². The third-order valence-electron chi connectivity index (χ3n) is 2.74. The van der Waals surface area contributed by atoms with Gasteiger partial charge in [0.25, 0.3) is 0 Å². The van der Waals surface area contributed by atoms with Crippen molar-refractivity contribution in [1.29, 1.82) is 0 Å². The molecular formula is C15H14BrNOS. The summed E-state index contributed by atoms with van der Waals surface area (Å²) in [4.78, 5) is 0.349. The molecule has 2 aromatic carbocycles. The summed E-state index contributed by atoms with van der Waals surface area (Å²) < 4.78 is 6.88. The predicted octanol–water partition coefficient (Wildman–Crippen LogP) is 3.97. The molecule has 0 bridgehead atoms. The van der Waals surface area contributed by atoms with Gasteiger partial charge in [-0.3, -0.25) is 0 Å². The second-order valence-electron chi connectivity index (χ2n) is 4.24. The van der Waals surface area contributed by atoms with Crippen LogP contribution < -0.4 is 10.5 Å². The fourth-order valence-corrected chi connectivity index (χ4v) is 2.29. The fourth-order valence-electron chi connectivity index (χ4n) is 1.72. The van der Waals surface area contributed by atoms with Gasteiger partial charge in [-0.05, 0) is 30.7 Å². The molecule has 0 aliphatic rings. The molecule has 0 heterocycles.